The average Bonchev–Trinajstić information content (AvgIpc) is 2.56. The second kappa shape index (κ2) is 5.48. The first-order valence-electron chi connectivity index (χ1n) is 6.37. The molecule has 1 unspecified atom stereocenters. The summed E-state index contributed by atoms with van der Waals surface area (Å²) >= 11 is 0. The van der Waals surface area contributed by atoms with Gasteiger partial charge in [-0.3, -0.25) is 4.68 Å². The van der Waals surface area contributed by atoms with E-state index in [0.29, 0.717) is 6.04 Å². The van der Waals surface area contributed by atoms with Gasteiger partial charge in [-0.05, 0) is 33.1 Å². The van der Waals surface area contributed by atoms with Gasteiger partial charge in [0.25, 0.3) is 0 Å². The van der Waals surface area contributed by atoms with E-state index in [0.717, 1.165) is 25.0 Å². The molecule has 1 rings (SSSR count). The number of hydrogen-bond donors (Lipinski definition) is 1. The van der Waals surface area contributed by atoms with Crippen LogP contribution in [0.15, 0.2) is 0 Å². The summed E-state index contributed by atoms with van der Waals surface area (Å²) in [4.78, 5) is 0. The Bertz CT molecular complexity index is 337. The molecule has 0 aliphatic rings. The van der Waals surface area contributed by atoms with Crippen LogP contribution in [0.4, 0.5) is 0 Å². The maximum atomic E-state index is 6.14. The second-order valence-electron chi connectivity index (χ2n) is 4.51. The number of rotatable bonds is 5. The van der Waals surface area contributed by atoms with Gasteiger partial charge in [-0.25, -0.2) is 0 Å². The highest BCUT2D eigenvalue weighted by atomic mass is 15.3. The van der Waals surface area contributed by atoms with Gasteiger partial charge in [0, 0.05) is 17.3 Å². The Morgan fingerprint density at radius 1 is 1.12 bits per heavy atom. The fraction of sp³-hybridized carbons (Fsp3) is 0.769. The molecule has 3 heteroatoms. The highest BCUT2D eigenvalue weighted by Gasteiger charge is 2.19. The van der Waals surface area contributed by atoms with Crippen LogP contribution >= 0.6 is 0 Å². The first-order valence-corrected chi connectivity index (χ1v) is 6.37. The maximum absolute atomic E-state index is 6.14. The van der Waals surface area contributed by atoms with E-state index in [1.165, 1.54) is 11.3 Å². The Balaban J connectivity index is 3.15. The minimum Gasteiger partial charge on any atom is -0.324 e. The van der Waals surface area contributed by atoms with Crippen LogP contribution < -0.4 is 5.73 Å². The lowest BCUT2D eigenvalue weighted by Gasteiger charge is -2.16. The summed E-state index contributed by atoms with van der Waals surface area (Å²) in [5.41, 5.74) is 9.73. The second-order valence-corrected chi connectivity index (χ2v) is 4.51. The van der Waals surface area contributed by atoms with E-state index in [4.69, 9.17) is 5.73 Å². The molecule has 0 aliphatic heterocycles. The zero-order valence-electron chi connectivity index (χ0n) is 11.2. The fourth-order valence-electron chi connectivity index (χ4n) is 2.41. The molecule has 0 fully saturated rings. The summed E-state index contributed by atoms with van der Waals surface area (Å²) in [6.45, 7) is 10.8. The third kappa shape index (κ3) is 2.29. The number of nitrogens with zero attached hydrogens (tertiary/aromatic N) is 2. The molecule has 0 spiro atoms. The van der Waals surface area contributed by atoms with Crippen molar-refractivity contribution in [1.82, 2.24) is 9.78 Å². The fourth-order valence-corrected chi connectivity index (χ4v) is 2.41. The lowest BCUT2D eigenvalue weighted by molar-refractivity contribution is 0.417. The zero-order valence-corrected chi connectivity index (χ0v) is 11.2. The summed E-state index contributed by atoms with van der Waals surface area (Å²) in [5.74, 6) is 0. The standard InChI is InChI=1S/C13H25N3/c1-6-11(7-2)16-10(5)13(9(4)15-16)12(14)8-3/h11-12H,6-8,14H2,1-5H3. The first kappa shape index (κ1) is 13.2. The van der Waals surface area contributed by atoms with Gasteiger partial charge in [0.1, 0.15) is 0 Å². The van der Waals surface area contributed by atoms with Gasteiger partial charge in [-0.2, -0.15) is 5.10 Å². The van der Waals surface area contributed by atoms with Crippen molar-refractivity contribution < 1.29 is 0 Å². The highest BCUT2D eigenvalue weighted by molar-refractivity contribution is 5.28. The van der Waals surface area contributed by atoms with Crippen LogP contribution in [0.2, 0.25) is 0 Å². The zero-order chi connectivity index (χ0) is 12.3. The van der Waals surface area contributed by atoms with Crippen LogP contribution in [-0.2, 0) is 0 Å². The van der Waals surface area contributed by atoms with E-state index in [-0.39, 0.29) is 6.04 Å². The molecular formula is C13H25N3. The Morgan fingerprint density at radius 2 is 1.69 bits per heavy atom. The van der Waals surface area contributed by atoms with Crippen molar-refractivity contribution in [1.29, 1.82) is 0 Å². The predicted octanol–water partition coefficient (Wildman–Crippen LogP) is 3.27. The molecule has 0 radical (unpaired) electrons. The van der Waals surface area contributed by atoms with Crippen molar-refractivity contribution in [3.8, 4) is 0 Å². The number of aromatic nitrogens is 2. The van der Waals surface area contributed by atoms with Crippen molar-refractivity contribution in [2.45, 2.75) is 66.0 Å². The largest absolute Gasteiger partial charge is 0.324 e. The van der Waals surface area contributed by atoms with Crippen LogP contribution in [0.5, 0.6) is 0 Å². The number of aryl methyl sites for hydroxylation is 1. The van der Waals surface area contributed by atoms with Gasteiger partial charge in [0.2, 0.25) is 0 Å². The highest BCUT2D eigenvalue weighted by Crippen LogP contribution is 2.26. The van der Waals surface area contributed by atoms with Gasteiger partial charge < -0.3 is 5.73 Å². The minimum atomic E-state index is 0.128. The number of nitrogens with two attached hydrogens (primary N) is 1. The molecule has 0 bridgehead atoms. The lowest BCUT2D eigenvalue weighted by atomic mass is 10.0. The van der Waals surface area contributed by atoms with E-state index in [1.807, 2.05) is 0 Å². The molecule has 0 aliphatic carbocycles. The van der Waals surface area contributed by atoms with E-state index in [1.54, 1.807) is 0 Å². The summed E-state index contributed by atoms with van der Waals surface area (Å²) < 4.78 is 2.17. The van der Waals surface area contributed by atoms with Crippen LogP contribution in [0, 0.1) is 13.8 Å². The maximum Gasteiger partial charge on any atom is 0.0644 e. The van der Waals surface area contributed by atoms with E-state index in [2.05, 4.69) is 44.4 Å². The third-order valence-electron chi connectivity index (χ3n) is 3.48. The van der Waals surface area contributed by atoms with Crippen LogP contribution in [0.3, 0.4) is 0 Å². The summed E-state index contributed by atoms with van der Waals surface area (Å²) in [5, 5.41) is 4.66. The van der Waals surface area contributed by atoms with E-state index < -0.39 is 0 Å². The molecule has 3 nitrogen and oxygen atoms in total. The molecule has 0 aromatic carbocycles. The van der Waals surface area contributed by atoms with Crippen molar-refractivity contribution in [2.24, 2.45) is 5.73 Å². The first-order chi connectivity index (χ1) is 7.56. The lowest BCUT2D eigenvalue weighted by Crippen LogP contribution is -2.13. The van der Waals surface area contributed by atoms with Crippen molar-refractivity contribution >= 4 is 0 Å². The van der Waals surface area contributed by atoms with Crippen molar-refractivity contribution in [3.05, 3.63) is 17.0 Å². The molecule has 1 aromatic rings. The van der Waals surface area contributed by atoms with Crippen LogP contribution in [-0.4, -0.2) is 9.78 Å². The van der Waals surface area contributed by atoms with Gasteiger partial charge in [-0.15, -0.1) is 0 Å². The quantitative estimate of drug-likeness (QED) is 0.832. The average molecular weight is 223 g/mol. The smallest absolute Gasteiger partial charge is 0.0644 e. The predicted molar refractivity (Wildman–Crippen MR) is 68.5 cm³/mol. The molecule has 16 heavy (non-hydrogen) atoms. The summed E-state index contributed by atoms with van der Waals surface area (Å²) in [6, 6.07) is 0.639. The van der Waals surface area contributed by atoms with Gasteiger partial charge in [0.05, 0.1) is 11.7 Å². The Morgan fingerprint density at radius 3 is 2.12 bits per heavy atom. The minimum absolute atomic E-state index is 0.128. The third-order valence-corrected chi connectivity index (χ3v) is 3.48. The summed E-state index contributed by atoms with van der Waals surface area (Å²) in [7, 11) is 0. The van der Waals surface area contributed by atoms with Crippen LogP contribution in [0.1, 0.15) is 69.1 Å². The van der Waals surface area contributed by atoms with Crippen molar-refractivity contribution in [3.63, 3.8) is 0 Å². The van der Waals surface area contributed by atoms with Crippen LogP contribution in [0.25, 0.3) is 0 Å². The topological polar surface area (TPSA) is 43.8 Å². The molecule has 0 saturated heterocycles. The SMILES string of the molecule is CCC(N)c1c(C)nn(C(CC)CC)c1C. The molecule has 0 amide bonds. The molecule has 1 aromatic heterocycles. The Hall–Kier alpha value is -0.830. The van der Waals surface area contributed by atoms with Crippen molar-refractivity contribution in [2.75, 3.05) is 0 Å². The molecule has 2 N–H and O–H groups in total. The summed E-state index contributed by atoms with van der Waals surface area (Å²) in [6.07, 6.45) is 3.22. The van der Waals surface area contributed by atoms with Gasteiger partial charge >= 0.3 is 0 Å². The Kier molecular flexibility index (Phi) is 4.54. The Labute approximate surface area is 99.0 Å². The van der Waals surface area contributed by atoms with E-state index in [9.17, 15) is 0 Å². The molecule has 0 saturated carbocycles. The van der Waals surface area contributed by atoms with Gasteiger partial charge in [-0.1, -0.05) is 20.8 Å². The molecule has 1 atom stereocenters. The molecular weight excluding hydrogens is 198 g/mol. The molecule has 1 heterocycles. The van der Waals surface area contributed by atoms with Gasteiger partial charge in [0.15, 0.2) is 0 Å². The monoisotopic (exact) mass is 223 g/mol. The number of hydrogen-bond acceptors (Lipinski definition) is 2. The van der Waals surface area contributed by atoms with E-state index >= 15 is 0 Å². The molecule has 92 valence electrons. The normalized spacial score (nSPS) is 13.4.